The van der Waals surface area contributed by atoms with E-state index in [1.54, 1.807) is 30.3 Å². The van der Waals surface area contributed by atoms with Gasteiger partial charge >= 0.3 is 6.01 Å². The van der Waals surface area contributed by atoms with E-state index in [1.165, 1.54) is 0 Å². The Labute approximate surface area is 86.7 Å². The van der Waals surface area contributed by atoms with E-state index in [0.717, 1.165) is 5.56 Å². The second-order valence-corrected chi connectivity index (χ2v) is 3.01. The Morgan fingerprint density at radius 1 is 1.40 bits per heavy atom. The SMILES string of the molecule is Cn1cnc(Oc2ccc(CN)cn2)n1. The molecule has 2 rings (SSSR count). The van der Waals surface area contributed by atoms with Crippen LogP contribution in [0.3, 0.4) is 0 Å². The van der Waals surface area contributed by atoms with E-state index in [1.807, 2.05) is 6.07 Å². The van der Waals surface area contributed by atoms with E-state index >= 15 is 0 Å². The second-order valence-electron chi connectivity index (χ2n) is 3.01. The minimum atomic E-state index is 0.283. The molecular formula is C9H11N5O. The van der Waals surface area contributed by atoms with Crippen LogP contribution in [0, 0.1) is 0 Å². The molecule has 0 unspecified atom stereocenters. The van der Waals surface area contributed by atoms with Crippen molar-refractivity contribution in [2.24, 2.45) is 12.8 Å². The number of hydrogen-bond acceptors (Lipinski definition) is 5. The standard InChI is InChI=1S/C9H11N5O/c1-14-6-12-9(13-14)15-8-3-2-7(4-10)5-11-8/h2-3,5-6H,4,10H2,1H3. The Balaban J connectivity index is 2.11. The van der Waals surface area contributed by atoms with Gasteiger partial charge < -0.3 is 10.5 Å². The molecule has 0 bridgehead atoms. The molecular weight excluding hydrogens is 194 g/mol. The summed E-state index contributed by atoms with van der Waals surface area (Å²) < 4.78 is 6.86. The molecule has 0 aliphatic heterocycles. The van der Waals surface area contributed by atoms with Crippen LogP contribution in [0.25, 0.3) is 0 Å². The Hall–Kier alpha value is -1.95. The summed E-state index contributed by atoms with van der Waals surface area (Å²) in [4.78, 5) is 7.98. The van der Waals surface area contributed by atoms with E-state index in [-0.39, 0.29) is 6.01 Å². The number of pyridine rings is 1. The minimum Gasteiger partial charge on any atom is -0.404 e. The zero-order valence-corrected chi connectivity index (χ0v) is 8.29. The molecule has 0 amide bonds. The smallest absolute Gasteiger partial charge is 0.342 e. The van der Waals surface area contributed by atoms with Gasteiger partial charge in [0.2, 0.25) is 5.88 Å². The third kappa shape index (κ3) is 2.29. The fraction of sp³-hybridized carbons (Fsp3) is 0.222. The van der Waals surface area contributed by atoms with Gasteiger partial charge in [-0.25, -0.2) is 4.98 Å². The van der Waals surface area contributed by atoms with Crippen LogP contribution in [-0.2, 0) is 13.6 Å². The lowest BCUT2D eigenvalue weighted by Gasteiger charge is -2.00. The Morgan fingerprint density at radius 2 is 2.27 bits per heavy atom. The molecule has 0 atom stereocenters. The molecule has 2 N–H and O–H groups in total. The third-order valence-electron chi connectivity index (χ3n) is 1.81. The molecule has 0 radical (unpaired) electrons. The summed E-state index contributed by atoms with van der Waals surface area (Å²) in [5, 5.41) is 3.97. The molecule has 0 saturated carbocycles. The molecule has 0 saturated heterocycles. The first-order valence-electron chi connectivity index (χ1n) is 4.46. The van der Waals surface area contributed by atoms with Crippen molar-refractivity contribution < 1.29 is 4.74 Å². The van der Waals surface area contributed by atoms with E-state index in [4.69, 9.17) is 10.5 Å². The van der Waals surface area contributed by atoms with E-state index in [2.05, 4.69) is 15.1 Å². The summed E-state index contributed by atoms with van der Waals surface area (Å²) in [6, 6.07) is 3.87. The van der Waals surface area contributed by atoms with Gasteiger partial charge in [-0.1, -0.05) is 6.07 Å². The monoisotopic (exact) mass is 205 g/mol. The van der Waals surface area contributed by atoms with Crippen molar-refractivity contribution in [3.05, 3.63) is 30.2 Å². The van der Waals surface area contributed by atoms with Crippen molar-refractivity contribution in [2.45, 2.75) is 6.54 Å². The predicted octanol–water partition coefficient (Wildman–Crippen LogP) is 0.461. The minimum absolute atomic E-state index is 0.283. The third-order valence-corrected chi connectivity index (χ3v) is 1.81. The number of aromatic nitrogens is 4. The van der Waals surface area contributed by atoms with Crippen LogP contribution < -0.4 is 10.5 Å². The number of rotatable bonds is 3. The number of hydrogen-bond donors (Lipinski definition) is 1. The van der Waals surface area contributed by atoms with Crippen molar-refractivity contribution in [3.63, 3.8) is 0 Å². The average molecular weight is 205 g/mol. The first-order valence-corrected chi connectivity index (χ1v) is 4.46. The first kappa shape index (κ1) is 9.60. The zero-order valence-electron chi connectivity index (χ0n) is 8.29. The molecule has 6 nitrogen and oxygen atoms in total. The Bertz CT molecular complexity index is 436. The van der Waals surface area contributed by atoms with Gasteiger partial charge in [0.1, 0.15) is 6.33 Å². The first-order chi connectivity index (χ1) is 7.28. The quantitative estimate of drug-likeness (QED) is 0.787. The van der Waals surface area contributed by atoms with Crippen LogP contribution in [0.4, 0.5) is 0 Å². The molecule has 0 aromatic carbocycles. The van der Waals surface area contributed by atoms with Gasteiger partial charge in [-0.2, -0.15) is 4.98 Å². The maximum absolute atomic E-state index is 5.45. The van der Waals surface area contributed by atoms with Crippen molar-refractivity contribution in [1.29, 1.82) is 0 Å². The lowest BCUT2D eigenvalue weighted by atomic mass is 10.3. The predicted molar refractivity (Wildman–Crippen MR) is 53.2 cm³/mol. The van der Waals surface area contributed by atoms with Gasteiger partial charge in [-0.3, -0.25) is 4.68 Å². The summed E-state index contributed by atoms with van der Waals surface area (Å²) in [6.07, 6.45) is 3.22. The summed E-state index contributed by atoms with van der Waals surface area (Å²) >= 11 is 0. The van der Waals surface area contributed by atoms with Gasteiger partial charge in [0.05, 0.1) is 0 Å². The molecule has 78 valence electrons. The lowest BCUT2D eigenvalue weighted by molar-refractivity contribution is 0.422. The molecule has 2 aromatic heterocycles. The van der Waals surface area contributed by atoms with Gasteiger partial charge in [0.15, 0.2) is 0 Å². The summed E-state index contributed by atoms with van der Waals surface area (Å²) in [6.45, 7) is 0.467. The largest absolute Gasteiger partial charge is 0.404 e. The average Bonchev–Trinajstić information content (AvgIpc) is 2.65. The second kappa shape index (κ2) is 4.05. The molecule has 0 aliphatic rings. The Kier molecular flexibility index (Phi) is 2.59. The van der Waals surface area contributed by atoms with Crippen molar-refractivity contribution in [1.82, 2.24) is 19.7 Å². The number of nitrogens with two attached hydrogens (primary N) is 1. The van der Waals surface area contributed by atoms with Crippen LogP contribution in [-0.4, -0.2) is 19.7 Å². The van der Waals surface area contributed by atoms with E-state index in [0.29, 0.717) is 12.4 Å². The topological polar surface area (TPSA) is 78.9 Å². The number of nitrogens with zero attached hydrogens (tertiary/aromatic N) is 4. The van der Waals surface area contributed by atoms with Crippen LogP contribution in [0.2, 0.25) is 0 Å². The fourth-order valence-corrected chi connectivity index (χ4v) is 1.05. The highest BCUT2D eigenvalue weighted by atomic mass is 16.5. The normalized spacial score (nSPS) is 10.3. The van der Waals surface area contributed by atoms with Crippen LogP contribution >= 0.6 is 0 Å². The maximum atomic E-state index is 5.45. The number of ether oxygens (including phenoxy) is 1. The molecule has 2 heterocycles. The highest BCUT2D eigenvalue weighted by Gasteiger charge is 2.02. The summed E-state index contributed by atoms with van der Waals surface area (Å²) in [5.74, 6) is 0.457. The van der Waals surface area contributed by atoms with Crippen LogP contribution in [0.15, 0.2) is 24.7 Å². The van der Waals surface area contributed by atoms with E-state index in [9.17, 15) is 0 Å². The molecule has 0 aliphatic carbocycles. The van der Waals surface area contributed by atoms with Gasteiger partial charge in [0, 0.05) is 25.9 Å². The van der Waals surface area contributed by atoms with Gasteiger partial charge in [0.25, 0.3) is 0 Å². The highest BCUT2D eigenvalue weighted by Crippen LogP contribution is 2.13. The number of aryl methyl sites for hydroxylation is 1. The van der Waals surface area contributed by atoms with Crippen LogP contribution in [0.5, 0.6) is 11.9 Å². The Morgan fingerprint density at radius 3 is 2.80 bits per heavy atom. The molecule has 0 spiro atoms. The van der Waals surface area contributed by atoms with E-state index < -0.39 is 0 Å². The van der Waals surface area contributed by atoms with Crippen molar-refractivity contribution in [3.8, 4) is 11.9 Å². The lowest BCUT2D eigenvalue weighted by Crippen LogP contribution is -1.97. The molecule has 2 aromatic rings. The summed E-state index contributed by atoms with van der Waals surface area (Å²) in [7, 11) is 1.77. The fourth-order valence-electron chi connectivity index (χ4n) is 1.05. The summed E-state index contributed by atoms with van der Waals surface area (Å²) in [5.41, 5.74) is 6.40. The van der Waals surface area contributed by atoms with Gasteiger partial charge in [-0.05, 0) is 5.56 Å². The van der Waals surface area contributed by atoms with Crippen LogP contribution in [0.1, 0.15) is 5.56 Å². The maximum Gasteiger partial charge on any atom is 0.342 e. The zero-order chi connectivity index (χ0) is 10.7. The molecule has 6 heteroatoms. The van der Waals surface area contributed by atoms with Crippen molar-refractivity contribution in [2.75, 3.05) is 0 Å². The van der Waals surface area contributed by atoms with Gasteiger partial charge in [-0.15, -0.1) is 5.10 Å². The van der Waals surface area contributed by atoms with Crippen molar-refractivity contribution >= 4 is 0 Å². The highest BCUT2D eigenvalue weighted by molar-refractivity contribution is 5.19. The molecule has 0 fully saturated rings. The molecule has 15 heavy (non-hydrogen) atoms.